The van der Waals surface area contributed by atoms with Crippen molar-refractivity contribution in [2.24, 2.45) is 0 Å². The van der Waals surface area contributed by atoms with Gasteiger partial charge in [0.05, 0.1) is 10.4 Å². The topological polar surface area (TPSA) is 108 Å². The Labute approximate surface area is 149 Å². The van der Waals surface area contributed by atoms with Gasteiger partial charge in [0.1, 0.15) is 16.4 Å². The van der Waals surface area contributed by atoms with Gasteiger partial charge < -0.3 is 4.98 Å². The quantitative estimate of drug-likeness (QED) is 0.724. The van der Waals surface area contributed by atoms with Crippen molar-refractivity contribution < 1.29 is 8.42 Å². The summed E-state index contributed by atoms with van der Waals surface area (Å²) in [5.41, 5.74) is 0.462. The van der Waals surface area contributed by atoms with E-state index in [9.17, 15) is 8.42 Å². The molecule has 1 aliphatic heterocycles. The maximum absolute atomic E-state index is 13.2. The molecule has 4 rings (SSSR count). The molecule has 0 aliphatic carbocycles. The molecular weight excluding hydrogens is 364 g/mol. The molecule has 0 spiro atoms. The number of hydrogen-bond donors (Lipinski definition) is 2. The molecule has 0 radical (unpaired) electrons. The third-order valence-corrected chi connectivity index (χ3v) is 6.67. The summed E-state index contributed by atoms with van der Waals surface area (Å²) >= 11 is 6.21. The van der Waals surface area contributed by atoms with Gasteiger partial charge in [-0.1, -0.05) is 11.6 Å². The lowest BCUT2D eigenvalue weighted by molar-refractivity contribution is 0.309. The van der Waals surface area contributed by atoms with Gasteiger partial charge in [0.25, 0.3) is 0 Å². The second kappa shape index (κ2) is 6.08. The molecule has 1 fully saturated rings. The molecular formula is C15H17ClN6O2S. The van der Waals surface area contributed by atoms with Gasteiger partial charge in [0.2, 0.25) is 10.0 Å². The largest absolute Gasteiger partial charge is 0.345 e. The van der Waals surface area contributed by atoms with Gasteiger partial charge in [-0.3, -0.25) is 5.10 Å². The summed E-state index contributed by atoms with van der Waals surface area (Å²) in [5, 5.41) is 7.80. The van der Waals surface area contributed by atoms with E-state index in [4.69, 9.17) is 11.6 Å². The van der Waals surface area contributed by atoms with Crippen molar-refractivity contribution >= 4 is 32.7 Å². The monoisotopic (exact) mass is 380 g/mol. The standard InChI is InChI=1S/C15H17ClN6O2S/c1-9-19-14(21-20-9)10-3-2-6-22(8-10)25(23,24)12-7-18-15-13(12)11(16)4-5-17-15/h4-5,7,10H,2-3,6,8H2,1H3,(H,17,18)(H,19,20,21)/t10-/m1/s1. The minimum atomic E-state index is -3.69. The van der Waals surface area contributed by atoms with Crippen LogP contribution >= 0.6 is 11.6 Å². The van der Waals surface area contributed by atoms with Crippen molar-refractivity contribution in [2.75, 3.05) is 13.1 Å². The molecule has 0 bridgehead atoms. The number of aromatic amines is 2. The van der Waals surface area contributed by atoms with Crippen LogP contribution in [0.15, 0.2) is 23.4 Å². The summed E-state index contributed by atoms with van der Waals surface area (Å²) in [6, 6.07) is 1.59. The molecule has 3 aromatic rings. The minimum Gasteiger partial charge on any atom is -0.345 e. The third kappa shape index (κ3) is 2.82. The van der Waals surface area contributed by atoms with Crippen LogP contribution in [0.25, 0.3) is 11.0 Å². The molecule has 10 heteroatoms. The molecule has 2 N–H and O–H groups in total. The Morgan fingerprint density at radius 1 is 1.40 bits per heavy atom. The number of nitrogens with zero attached hydrogens (tertiary/aromatic N) is 4. The Kier molecular flexibility index (Phi) is 4.01. The van der Waals surface area contributed by atoms with E-state index in [0.717, 1.165) is 18.7 Å². The van der Waals surface area contributed by atoms with Crippen LogP contribution < -0.4 is 0 Å². The smallest absolute Gasteiger partial charge is 0.245 e. The second-order valence-electron chi connectivity index (χ2n) is 6.15. The number of pyridine rings is 1. The van der Waals surface area contributed by atoms with Crippen LogP contribution in [0, 0.1) is 6.92 Å². The number of sulfonamides is 1. The summed E-state index contributed by atoms with van der Waals surface area (Å²) in [4.78, 5) is 11.5. The Morgan fingerprint density at radius 3 is 3.00 bits per heavy atom. The van der Waals surface area contributed by atoms with Crippen molar-refractivity contribution in [1.82, 2.24) is 29.5 Å². The first-order valence-electron chi connectivity index (χ1n) is 7.97. The van der Waals surface area contributed by atoms with Crippen LogP contribution in [0.3, 0.4) is 0 Å². The molecule has 0 unspecified atom stereocenters. The Morgan fingerprint density at radius 2 is 2.24 bits per heavy atom. The lowest BCUT2D eigenvalue weighted by atomic mass is 9.99. The zero-order valence-corrected chi connectivity index (χ0v) is 15.1. The first kappa shape index (κ1) is 16.5. The highest BCUT2D eigenvalue weighted by atomic mass is 35.5. The van der Waals surface area contributed by atoms with Gasteiger partial charge in [-0.15, -0.1) is 0 Å². The molecule has 132 valence electrons. The fourth-order valence-electron chi connectivity index (χ4n) is 3.24. The van der Waals surface area contributed by atoms with Crippen LogP contribution in [0.4, 0.5) is 0 Å². The summed E-state index contributed by atoms with van der Waals surface area (Å²) in [6.07, 6.45) is 4.62. The fraction of sp³-hybridized carbons (Fsp3) is 0.400. The number of H-pyrrole nitrogens is 2. The average Bonchev–Trinajstić information content (AvgIpc) is 3.22. The molecule has 1 atom stereocenters. The van der Waals surface area contributed by atoms with Gasteiger partial charge in [-0.2, -0.15) is 9.40 Å². The first-order valence-corrected chi connectivity index (χ1v) is 9.79. The number of fused-ring (bicyclic) bond motifs is 1. The van der Waals surface area contributed by atoms with Crippen LogP contribution in [-0.4, -0.2) is 51.0 Å². The maximum atomic E-state index is 13.2. The van der Waals surface area contributed by atoms with Gasteiger partial charge in [0, 0.05) is 31.4 Å². The average molecular weight is 381 g/mol. The lowest BCUT2D eigenvalue weighted by Gasteiger charge is -2.30. The number of nitrogens with one attached hydrogen (secondary N) is 2. The normalized spacial score (nSPS) is 19.5. The van der Waals surface area contributed by atoms with Crippen molar-refractivity contribution in [2.45, 2.75) is 30.6 Å². The predicted octanol–water partition coefficient (Wildman–Crippen LogP) is 2.21. The fourth-order valence-corrected chi connectivity index (χ4v) is 5.24. The highest BCUT2D eigenvalue weighted by molar-refractivity contribution is 7.89. The van der Waals surface area contributed by atoms with Crippen LogP contribution in [-0.2, 0) is 10.0 Å². The Bertz CT molecular complexity index is 1030. The van der Waals surface area contributed by atoms with E-state index in [1.54, 1.807) is 12.3 Å². The van der Waals surface area contributed by atoms with Crippen molar-refractivity contribution in [3.8, 4) is 0 Å². The van der Waals surface area contributed by atoms with Crippen molar-refractivity contribution in [1.29, 1.82) is 0 Å². The molecule has 0 saturated carbocycles. The number of halogens is 1. The van der Waals surface area contributed by atoms with E-state index >= 15 is 0 Å². The SMILES string of the molecule is Cc1nc([C@@H]2CCCN(S(=O)(=O)c3c[nH]c4nccc(Cl)c34)C2)n[nH]1. The lowest BCUT2D eigenvalue weighted by Crippen LogP contribution is -2.39. The first-order chi connectivity index (χ1) is 12.0. The van der Waals surface area contributed by atoms with Gasteiger partial charge in [0.15, 0.2) is 5.82 Å². The van der Waals surface area contributed by atoms with Gasteiger partial charge in [-0.25, -0.2) is 18.4 Å². The molecule has 0 amide bonds. The number of piperidine rings is 1. The summed E-state index contributed by atoms with van der Waals surface area (Å²) in [5.74, 6) is 1.37. The summed E-state index contributed by atoms with van der Waals surface area (Å²) < 4.78 is 27.8. The van der Waals surface area contributed by atoms with Gasteiger partial charge in [-0.05, 0) is 25.8 Å². The van der Waals surface area contributed by atoms with E-state index in [-0.39, 0.29) is 10.8 Å². The molecule has 25 heavy (non-hydrogen) atoms. The van der Waals surface area contributed by atoms with Crippen LogP contribution in [0.5, 0.6) is 0 Å². The third-order valence-electron chi connectivity index (χ3n) is 4.47. The van der Waals surface area contributed by atoms with Crippen LogP contribution in [0.1, 0.15) is 30.4 Å². The number of hydrogen-bond acceptors (Lipinski definition) is 5. The summed E-state index contributed by atoms with van der Waals surface area (Å²) in [6.45, 7) is 2.64. The van der Waals surface area contributed by atoms with E-state index in [1.165, 1.54) is 10.5 Å². The van der Waals surface area contributed by atoms with E-state index in [2.05, 4.69) is 25.1 Å². The number of aromatic nitrogens is 5. The molecule has 8 nitrogen and oxygen atoms in total. The second-order valence-corrected chi connectivity index (χ2v) is 8.46. The molecule has 1 aliphatic rings. The van der Waals surface area contributed by atoms with E-state index in [1.807, 2.05) is 6.92 Å². The van der Waals surface area contributed by atoms with Crippen molar-refractivity contribution in [3.05, 3.63) is 35.1 Å². The number of aryl methyl sites for hydroxylation is 1. The highest BCUT2D eigenvalue weighted by Gasteiger charge is 2.34. The van der Waals surface area contributed by atoms with Gasteiger partial charge >= 0.3 is 0 Å². The Hall–Kier alpha value is -1.97. The molecule has 1 saturated heterocycles. The van der Waals surface area contributed by atoms with E-state index < -0.39 is 10.0 Å². The molecule has 4 heterocycles. The molecule has 3 aromatic heterocycles. The maximum Gasteiger partial charge on any atom is 0.245 e. The minimum absolute atomic E-state index is 0.0210. The Balaban J connectivity index is 1.69. The van der Waals surface area contributed by atoms with Crippen LogP contribution in [0.2, 0.25) is 5.02 Å². The highest BCUT2D eigenvalue weighted by Crippen LogP contribution is 2.33. The summed E-state index contributed by atoms with van der Waals surface area (Å²) in [7, 11) is -3.69. The molecule has 0 aromatic carbocycles. The zero-order chi connectivity index (χ0) is 17.6. The predicted molar refractivity (Wildman–Crippen MR) is 93.0 cm³/mol. The van der Waals surface area contributed by atoms with E-state index in [0.29, 0.717) is 35.0 Å². The van der Waals surface area contributed by atoms with Crippen molar-refractivity contribution in [3.63, 3.8) is 0 Å². The number of rotatable bonds is 3. The zero-order valence-electron chi connectivity index (χ0n) is 13.5.